The Bertz CT molecular complexity index is 3580. The normalized spacial score (nSPS) is 25.9. The van der Waals surface area contributed by atoms with Crippen LogP contribution in [0.15, 0.2) is 278 Å². The van der Waals surface area contributed by atoms with E-state index in [2.05, 4.69) is 0 Å². The van der Waals surface area contributed by atoms with Crippen molar-refractivity contribution in [3.05, 3.63) is 317 Å². The molecule has 3 aliphatic heterocycles. The number of thioether (sulfide) groups is 1. The first-order chi connectivity index (χ1) is 47.4. The van der Waals surface area contributed by atoms with Gasteiger partial charge >= 0.3 is 0 Å². The molecule has 3 heterocycles. The van der Waals surface area contributed by atoms with E-state index in [4.69, 9.17) is 61.6 Å². The summed E-state index contributed by atoms with van der Waals surface area (Å²) < 4.78 is 90.6. The van der Waals surface area contributed by atoms with Crippen LogP contribution in [0.1, 0.15) is 44.5 Å². The second kappa shape index (κ2) is 36.4. The molecule has 0 aliphatic carbocycles. The van der Waals surface area contributed by atoms with Crippen LogP contribution in [0.4, 0.5) is 0 Å². The molecule has 12 rings (SSSR count). The lowest BCUT2D eigenvalue weighted by molar-refractivity contribution is -0.358. The molecule has 3 saturated heterocycles. The zero-order valence-electron chi connectivity index (χ0n) is 53.5. The van der Waals surface area contributed by atoms with Crippen LogP contribution < -0.4 is 0 Å². The van der Waals surface area contributed by atoms with Crippen LogP contribution in [0.2, 0.25) is 0 Å². The monoisotopic (exact) mass is 1320 g/mol. The Morgan fingerprint density at radius 2 is 0.531 bits per heavy atom. The Balaban J connectivity index is 0.907. The second-order valence-corrected chi connectivity index (χ2v) is 25.2. The molecule has 0 radical (unpaired) electrons. The van der Waals surface area contributed by atoms with E-state index in [-0.39, 0.29) is 66.1 Å². The highest BCUT2D eigenvalue weighted by atomic mass is 32.2. The van der Waals surface area contributed by atoms with E-state index in [1.165, 1.54) is 11.8 Å². The van der Waals surface area contributed by atoms with E-state index in [0.29, 0.717) is 6.61 Å². The largest absolute Gasteiger partial charge is 0.385 e. The Morgan fingerprint density at radius 1 is 0.260 bits per heavy atom. The SMILES string of the molecule is O[C@@H]1[C@@H](OC[C@H]2O[C@H](Sc3ccccc3)[C@@H](OCc3ccccc3)[C@@H](O[C@H]3O[C@H](COCc4ccccc4)[C@@H](OCc4ccccc4)[C@H](OCc4ccccc4)[C@@H]3O)[C@@H]2OCc2ccccc2)O[C@H](COCc2ccccc2)[C@@H](OCc2ccccc2)[C@@H]1OCc1ccccc1. The van der Waals surface area contributed by atoms with Gasteiger partial charge in [0.1, 0.15) is 78.7 Å². The number of hydrogen-bond donors (Lipinski definition) is 2. The summed E-state index contributed by atoms with van der Waals surface area (Å²) in [5.41, 5.74) is 6.57. The summed E-state index contributed by atoms with van der Waals surface area (Å²) in [5.74, 6) is 0. The molecule has 15 atom stereocenters. The lowest BCUT2D eigenvalue weighted by Gasteiger charge is -2.50. The fourth-order valence-corrected chi connectivity index (χ4v) is 13.2. The Hall–Kier alpha value is -7.27. The van der Waals surface area contributed by atoms with Gasteiger partial charge in [0.2, 0.25) is 0 Å². The minimum absolute atomic E-state index is 0.0426. The minimum Gasteiger partial charge on any atom is -0.385 e. The summed E-state index contributed by atoms with van der Waals surface area (Å²) in [6.07, 6.45) is -14.9. The maximum absolute atomic E-state index is 13.2. The van der Waals surface area contributed by atoms with E-state index < -0.39 is 91.3 Å². The predicted molar refractivity (Wildman–Crippen MR) is 363 cm³/mol. The molecule has 2 N–H and O–H groups in total. The third-order valence-electron chi connectivity index (χ3n) is 17.0. The number of benzene rings is 9. The molecular weight excluding hydrogens is 1230 g/mol. The highest BCUT2D eigenvalue weighted by Gasteiger charge is 2.55. The van der Waals surface area contributed by atoms with Crippen LogP contribution in [0.5, 0.6) is 0 Å². The molecule has 0 unspecified atom stereocenters. The van der Waals surface area contributed by atoms with Crippen molar-refractivity contribution in [3.63, 3.8) is 0 Å². The lowest BCUT2D eigenvalue weighted by Crippen LogP contribution is -2.66. The lowest BCUT2D eigenvalue weighted by atomic mass is 9.96. The third kappa shape index (κ3) is 19.7. The van der Waals surface area contributed by atoms with Gasteiger partial charge in [0.25, 0.3) is 0 Å². The van der Waals surface area contributed by atoms with Crippen molar-refractivity contribution in [1.29, 1.82) is 0 Å². The number of rotatable bonds is 33. The summed E-state index contributed by atoms with van der Waals surface area (Å²) in [6.45, 7) is 1.44. The summed E-state index contributed by atoms with van der Waals surface area (Å²) in [5, 5.41) is 26.0. The summed E-state index contributed by atoms with van der Waals surface area (Å²) >= 11 is 1.45. The second-order valence-electron chi connectivity index (χ2n) is 24.0. The molecule has 96 heavy (non-hydrogen) atoms. The molecule has 3 fully saturated rings. The molecule has 0 amide bonds. The van der Waals surface area contributed by atoms with Gasteiger partial charge in [0.15, 0.2) is 12.6 Å². The molecule has 16 heteroatoms. The smallest absolute Gasteiger partial charge is 0.187 e. The highest BCUT2D eigenvalue weighted by Crippen LogP contribution is 2.41. The van der Waals surface area contributed by atoms with E-state index in [1.54, 1.807) is 0 Å². The van der Waals surface area contributed by atoms with Gasteiger partial charge in [-0.15, -0.1) is 0 Å². The van der Waals surface area contributed by atoms with Gasteiger partial charge in [-0.05, 0) is 56.6 Å². The third-order valence-corrected chi connectivity index (χ3v) is 18.2. The fourth-order valence-electron chi connectivity index (χ4n) is 12.0. The van der Waals surface area contributed by atoms with Crippen LogP contribution in [-0.4, -0.2) is 121 Å². The van der Waals surface area contributed by atoms with Crippen molar-refractivity contribution in [2.45, 2.75) is 149 Å². The molecule has 0 aromatic heterocycles. The zero-order valence-corrected chi connectivity index (χ0v) is 54.3. The molecule has 0 bridgehead atoms. The Morgan fingerprint density at radius 3 is 0.885 bits per heavy atom. The molecule has 9 aromatic rings. The molecule has 500 valence electrons. The van der Waals surface area contributed by atoms with Crippen molar-refractivity contribution in [1.82, 2.24) is 0 Å². The van der Waals surface area contributed by atoms with E-state index in [1.807, 2.05) is 273 Å². The average Bonchev–Trinajstić information content (AvgIpc) is 0.780. The average molecular weight is 1320 g/mol. The van der Waals surface area contributed by atoms with Gasteiger partial charge in [-0.1, -0.05) is 273 Å². The van der Waals surface area contributed by atoms with Crippen molar-refractivity contribution < 1.29 is 71.8 Å². The van der Waals surface area contributed by atoms with Crippen LogP contribution in [-0.2, 0) is 114 Å². The van der Waals surface area contributed by atoms with E-state index >= 15 is 0 Å². The first-order valence-electron chi connectivity index (χ1n) is 32.9. The van der Waals surface area contributed by atoms with Gasteiger partial charge in [0.05, 0.1) is 72.7 Å². The van der Waals surface area contributed by atoms with E-state index in [0.717, 1.165) is 49.4 Å². The van der Waals surface area contributed by atoms with Crippen LogP contribution in [0, 0.1) is 0 Å². The van der Waals surface area contributed by atoms with Gasteiger partial charge < -0.3 is 71.8 Å². The Labute approximate surface area is 567 Å². The molecule has 3 aliphatic rings. The van der Waals surface area contributed by atoms with Crippen molar-refractivity contribution in [2.75, 3.05) is 19.8 Å². The summed E-state index contributed by atoms with van der Waals surface area (Å²) in [4.78, 5) is 0.888. The summed E-state index contributed by atoms with van der Waals surface area (Å²) in [6, 6.07) is 88.8. The molecule has 0 saturated carbocycles. The minimum atomic E-state index is -1.46. The maximum Gasteiger partial charge on any atom is 0.187 e. The Kier molecular flexibility index (Phi) is 26.0. The quantitative estimate of drug-likeness (QED) is 0.0399. The number of aliphatic hydroxyl groups is 2. The van der Waals surface area contributed by atoms with E-state index in [9.17, 15) is 10.2 Å². The predicted octanol–water partition coefficient (Wildman–Crippen LogP) is 13.0. The first kappa shape index (κ1) is 68.7. The molecule has 15 nitrogen and oxygen atoms in total. The highest BCUT2D eigenvalue weighted by molar-refractivity contribution is 7.99. The van der Waals surface area contributed by atoms with Crippen molar-refractivity contribution in [3.8, 4) is 0 Å². The fraction of sp³-hybridized carbons (Fsp3) is 0.325. The van der Waals surface area contributed by atoms with Gasteiger partial charge in [0, 0.05) is 4.90 Å². The topological polar surface area (TPSA) is 160 Å². The first-order valence-corrected chi connectivity index (χ1v) is 33.8. The maximum atomic E-state index is 13.2. The molecular formula is C80H84O15S. The van der Waals surface area contributed by atoms with Crippen LogP contribution in [0.3, 0.4) is 0 Å². The number of aliphatic hydroxyl groups excluding tert-OH is 2. The molecule has 0 spiro atoms. The van der Waals surface area contributed by atoms with Gasteiger partial charge in [-0.3, -0.25) is 0 Å². The van der Waals surface area contributed by atoms with Gasteiger partial charge in [-0.2, -0.15) is 0 Å². The molecule has 9 aromatic carbocycles. The standard InChI is InChI=1S/C80H84O15S/c81-69-74(88-51-62-38-20-6-21-39-62)71(85-48-59-32-14-3-15-33-59)66(54-83-46-57-28-10-1-11-29-57)92-78(69)91-56-68-73(87-50-61-36-18-5-19-37-61)76(77(90-53-64-42-24-8-25-43-64)80(94-68)96-65-44-26-9-27-45-65)95-79-70(82)75(89-52-63-40-22-7-23-41-63)72(86-49-60-34-16-4-17-35-60)67(93-79)55-84-47-58-30-12-2-13-31-58/h1-45,66-82H,46-56H2/t66-,67-,68-,69+,70+,71-,72-,73-,74-,75-,76+,77+,78+,79-,80-/m1/s1. The van der Waals surface area contributed by atoms with Crippen LogP contribution in [0.25, 0.3) is 0 Å². The van der Waals surface area contributed by atoms with Crippen LogP contribution >= 0.6 is 11.8 Å². The van der Waals surface area contributed by atoms with Gasteiger partial charge in [-0.25, -0.2) is 0 Å². The number of hydrogen-bond acceptors (Lipinski definition) is 16. The van der Waals surface area contributed by atoms with Crippen molar-refractivity contribution in [2.24, 2.45) is 0 Å². The summed E-state index contributed by atoms with van der Waals surface area (Å²) in [7, 11) is 0. The van der Waals surface area contributed by atoms with Crippen molar-refractivity contribution >= 4 is 11.8 Å². The number of ether oxygens (including phenoxy) is 13. The zero-order chi connectivity index (χ0) is 65.4.